The highest BCUT2D eigenvalue weighted by Gasteiger charge is 2.31. The van der Waals surface area contributed by atoms with Crippen molar-refractivity contribution in [3.05, 3.63) is 102 Å². The van der Waals surface area contributed by atoms with Gasteiger partial charge in [0.25, 0.3) is 0 Å². The van der Waals surface area contributed by atoms with Gasteiger partial charge >= 0.3 is 5.97 Å². The molecule has 3 aromatic carbocycles. The molecule has 0 saturated carbocycles. The number of aliphatic imine (C=N–C) groups is 1. The Labute approximate surface area is 223 Å². The highest BCUT2D eigenvalue weighted by atomic mass is 16.4. The predicted octanol–water partition coefficient (Wildman–Crippen LogP) is 4.81. The summed E-state index contributed by atoms with van der Waals surface area (Å²) >= 11 is 0. The summed E-state index contributed by atoms with van der Waals surface area (Å²) in [6, 6.07) is 25.4. The number of amides is 1. The summed E-state index contributed by atoms with van der Waals surface area (Å²) < 4.78 is 0. The number of likely N-dealkylation sites (tertiary alicyclic amines) is 1. The minimum atomic E-state index is -1.12. The lowest BCUT2D eigenvalue weighted by atomic mass is 9.96. The Hall–Kier alpha value is -4.10. The quantitative estimate of drug-likeness (QED) is 0.284. The molecule has 1 saturated heterocycles. The summed E-state index contributed by atoms with van der Waals surface area (Å²) in [5.41, 5.74) is 3.54. The molecule has 3 atom stereocenters. The van der Waals surface area contributed by atoms with Crippen LogP contribution in [0.25, 0.3) is 0 Å². The summed E-state index contributed by atoms with van der Waals surface area (Å²) in [5, 5.41) is 13.0. The number of carboxylic acids is 1. The molecule has 2 unspecified atom stereocenters. The Morgan fingerprint density at radius 2 is 1.68 bits per heavy atom. The first-order valence-electron chi connectivity index (χ1n) is 13.0. The maximum atomic E-state index is 13.5. The lowest BCUT2D eigenvalue weighted by molar-refractivity contribution is -0.139. The summed E-state index contributed by atoms with van der Waals surface area (Å²) in [5.74, 6) is -1.69. The van der Waals surface area contributed by atoms with Crippen molar-refractivity contribution in [3.8, 4) is 0 Å². The van der Waals surface area contributed by atoms with E-state index in [1.807, 2.05) is 72.8 Å². The third kappa shape index (κ3) is 6.61. The van der Waals surface area contributed by atoms with Crippen LogP contribution in [0.5, 0.6) is 0 Å². The van der Waals surface area contributed by atoms with Crippen LogP contribution in [0.3, 0.4) is 0 Å². The first kappa shape index (κ1) is 26.9. The zero-order valence-corrected chi connectivity index (χ0v) is 21.5. The summed E-state index contributed by atoms with van der Waals surface area (Å²) in [6.07, 6.45) is 2.51. The fourth-order valence-electron chi connectivity index (χ4n) is 4.89. The summed E-state index contributed by atoms with van der Waals surface area (Å²) in [4.78, 5) is 43.6. The van der Waals surface area contributed by atoms with Crippen molar-refractivity contribution in [2.24, 2.45) is 10.9 Å². The standard InChI is InChI=1S/C31H33N3O4/c1-22(18-20-35)28(31(37)38)33-29(24-13-6-3-7-14-24)25-15-8-9-16-26(25)32-30(36)27-17-10-19-34(27)21-23-11-4-2-5-12-23/h2-9,11-16,20,22,27-28H,10,17-19,21H2,1H3,(H,32,36)(H,37,38)/t22?,27-,28?/m0/s1. The van der Waals surface area contributed by atoms with Gasteiger partial charge in [-0.1, -0.05) is 85.8 Å². The van der Waals surface area contributed by atoms with E-state index in [-0.39, 0.29) is 18.4 Å². The molecule has 38 heavy (non-hydrogen) atoms. The zero-order valence-electron chi connectivity index (χ0n) is 21.5. The molecule has 0 bridgehead atoms. The van der Waals surface area contributed by atoms with Crippen LogP contribution in [0.1, 0.15) is 42.9 Å². The highest BCUT2D eigenvalue weighted by molar-refractivity contribution is 6.17. The van der Waals surface area contributed by atoms with Crippen molar-refractivity contribution >= 4 is 29.6 Å². The number of hydrogen-bond donors (Lipinski definition) is 2. The van der Waals surface area contributed by atoms with Gasteiger partial charge < -0.3 is 15.2 Å². The van der Waals surface area contributed by atoms with Crippen molar-refractivity contribution in [1.82, 2.24) is 4.90 Å². The summed E-state index contributed by atoms with van der Waals surface area (Å²) in [6.45, 7) is 3.25. The zero-order chi connectivity index (χ0) is 26.9. The topological polar surface area (TPSA) is 99.1 Å². The van der Waals surface area contributed by atoms with Crippen LogP contribution in [0.2, 0.25) is 0 Å². The van der Waals surface area contributed by atoms with Gasteiger partial charge in [0.2, 0.25) is 5.91 Å². The molecule has 7 heteroatoms. The van der Waals surface area contributed by atoms with Gasteiger partial charge in [0.15, 0.2) is 6.04 Å². The van der Waals surface area contributed by atoms with Crippen molar-refractivity contribution in [2.45, 2.75) is 44.8 Å². The molecule has 2 N–H and O–H groups in total. The third-order valence-corrected chi connectivity index (χ3v) is 6.91. The molecular weight excluding hydrogens is 478 g/mol. The molecule has 0 radical (unpaired) electrons. The molecule has 0 aliphatic carbocycles. The third-order valence-electron chi connectivity index (χ3n) is 6.91. The molecule has 1 heterocycles. The van der Waals surface area contributed by atoms with Crippen LogP contribution in [0, 0.1) is 5.92 Å². The SMILES string of the molecule is CC(CC=O)C(N=C(c1ccccc1)c1ccccc1NC(=O)[C@@H]1CCCN1Cc1ccccc1)C(=O)O. The van der Waals surface area contributed by atoms with Crippen molar-refractivity contribution < 1.29 is 19.5 Å². The van der Waals surface area contributed by atoms with Crippen molar-refractivity contribution in [1.29, 1.82) is 0 Å². The molecule has 7 nitrogen and oxygen atoms in total. The second kappa shape index (κ2) is 12.9. The van der Waals surface area contributed by atoms with E-state index in [9.17, 15) is 19.5 Å². The van der Waals surface area contributed by atoms with Crippen LogP contribution in [-0.2, 0) is 20.9 Å². The van der Waals surface area contributed by atoms with Gasteiger partial charge in [-0.05, 0) is 36.9 Å². The molecule has 0 spiro atoms. The number of nitrogens with zero attached hydrogens (tertiary/aromatic N) is 2. The van der Waals surface area contributed by atoms with Crippen LogP contribution >= 0.6 is 0 Å². The molecule has 1 aliphatic rings. The molecule has 196 valence electrons. The number of anilines is 1. The van der Waals surface area contributed by atoms with E-state index in [4.69, 9.17) is 0 Å². The smallest absolute Gasteiger partial charge is 0.328 e. The van der Waals surface area contributed by atoms with Crippen LogP contribution < -0.4 is 5.32 Å². The number of aldehydes is 1. The molecule has 1 amide bonds. The first-order chi connectivity index (χ1) is 18.5. The predicted molar refractivity (Wildman–Crippen MR) is 148 cm³/mol. The maximum absolute atomic E-state index is 13.5. The van der Waals surface area contributed by atoms with E-state index in [0.29, 0.717) is 23.5 Å². The minimum Gasteiger partial charge on any atom is -0.480 e. The fourth-order valence-corrected chi connectivity index (χ4v) is 4.89. The molecule has 4 rings (SSSR count). The molecule has 1 fully saturated rings. The van der Waals surface area contributed by atoms with Gasteiger partial charge in [0.05, 0.1) is 17.4 Å². The Kier molecular flexibility index (Phi) is 9.16. The fraction of sp³-hybridized carbons (Fsp3) is 0.290. The molecule has 0 aromatic heterocycles. The van der Waals surface area contributed by atoms with Gasteiger partial charge in [-0.25, -0.2) is 4.79 Å². The number of nitrogens with one attached hydrogen (secondary N) is 1. The lowest BCUT2D eigenvalue weighted by Crippen LogP contribution is -2.39. The van der Waals surface area contributed by atoms with Gasteiger partial charge in [0, 0.05) is 24.1 Å². The Bertz CT molecular complexity index is 1280. The number of hydrogen-bond acceptors (Lipinski definition) is 5. The Morgan fingerprint density at radius 3 is 2.37 bits per heavy atom. The average Bonchev–Trinajstić information content (AvgIpc) is 3.39. The van der Waals surface area contributed by atoms with E-state index < -0.39 is 17.9 Å². The van der Waals surface area contributed by atoms with E-state index in [2.05, 4.69) is 27.3 Å². The summed E-state index contributed by atoms with van der Waals surface area (Å²) in [7, 11) is 0. The number of carbonyl (C=O) groups is 3. The second-order valence-electron chi connectivity index (χ2n) is 9.66. The largest absolute Gasteiger partial charge is 0.480 e. The molecule has 3 aromatic rings. The van der Waals surface area contributed by atoms with Crippen LogP contribution in [0.15, 0.2) is 89.9 Å². The number of carbonyl (C=O) groups excluding carboxylic acids is 2. The van der Waals surface area contributed by atoms with Gasteiger partial charge in [-0.15, -0.1) is 0 Å². The van der Waals surface area contributed by atoms with Crippen molar-refractivity contribution in [3.63, 3.8) is 0 Å². The van der Waals surface area contributed by atoms with E-state index >= 15 is 0 Å². The van der Waals surface area contributed by atoms with Crippen molar-refractivity contribution in [2.75, 3.05) is 11.9 Å². The van der Waals surface area contributed by atoms with Crippen LogP contribution in [0.4, 0.5) is 5.69 Å². The second-order valence-corrected chi connectivity index (χ2v) is 9.66. The number of para-hydroxylation sites is 1. The van der Waals surface area contributed by atoms with E-state index in [1.165, 1.54) is 0 Å². The maximum Gasteiger partial charge on any atom is 0.328 e. The van der Waals surface area contributed by atoms with Gasteiger partial charge in [0.1, 0.15) is 6.29 Å². The molecular formula is C31H33N3O4. The molecule has 1 aliphatic heterocycles. The van der Waals surface area contributed by atoms with E-state index in [1.54, 1.807) is 6.92 Å². The van der Waals surface area contributed by atoms with Crippen LogP contribution in [-0.4, -0.2) is 52.5 Å². The lowest BCUT2D eigenvalue weighted by Gasteiger charge is -2.24. The van der Waals surface area contributed by atoms with Gasteiger partial charge in [-0.3, -0.25) is 14.7 Å². The number of benzene rings is 3. The highest BCUT2D eigenvalue weighted by Crippen LogP contribution is 2.26. The number of aliphatic carboxylic acids is 1. The Balaban J connectivity index is 1.66. The number of rotatable bonds is 11. The average molecular weight is 512 g/mol. The minimum absolute atomic E-state index is 0.0832. The Morgan fingerprint density at radius 1 is 1.03 bits per heavy atom. The van der Waals surface area contributed by atoms with E-state index in [0.717, 1.165) is 36.8 Å². The number of carboxylic acid groups (broad SMARTS) is 1. The van der Waals surface area contributed by atoms with Gasteiger partial charge in [-0.2, -0.15) is 0 Å². The first-order valence-corrected chi connectivity index (χ1v) is 13.0. The monoisotopic (exact) mass is 511 g/mol. The normalized spacial score (nSPS) is 17.5.